The highest BCUT2D eigenvalue weighted by atomic mass is 15.1. The van der Waals surface area contributed by atoms with Gasteiger partial charge in [-0.2, -0.15) is 0 Å². The molecule has 0 aromatic carbocycles. The van der Waals surface area contributed by atoms with Crippen LogP contribution in [0.15, 0.2) is 12.4 Å². The molecule has 0 fully saturated rings. The monoisotopic (exact) mass is 264 g/mol. The maximum absolute atomic E-state index is 4.37. The number of anilines is 1. The lowest BCUT2D eigenvalue weighted by molar-refractivity contribution is 0.303. The lowest BCUT2D eigenvalue weighted by Crippen LogP contribution is -2.25. The molecular weight excluding hydrogens is 236 g/mol. The van der Waals surface area contributed by atoms with Crippen molar-refractivity contribution in [2.75, 3.05) is 31.5 Å². The fourth-order valence-corrected chi connectivity index (χ4v) is 1.85. The van der Waals surface area contributed by atoms with E-state index in [4.69, 9.17) is 0 Å². The van der Waals surface area contributed by atoms with Gasteiger partial charge in [-0.3, -0.25) is 0 Å². The highest BCUT2D eigenvalue weighted by molar-refractivity contribution is 5.26. The van der Waals surface area contributed by atoms with Gasteiger partial charge in [-0.05, 0) is 37.0 Å². The maximum Gasteiger partial charge on any atom is 0.222 e. The predicted octanol–water partition coefficient (Wildman–Crippen LogP) is 2.92. The van der Waals surface area contributed by atoms with E-state index in [2.05, 4.69) is 54.8 Å². The van der Waals surface area contributed by atoms with Gasteiger partial charge in [-0.1, -0.05) is 34.6 Å². The topological polar surface area (TPSA) is 41.0 Å². The molecule has 1 rings (SSSR count). The van der Waals surface area contributed by atoms with E-state index in [-0.39, 0.29) is 5.41 Å². The fourth-order valence-electron chi connectivity index (χ4n) is 1.85. The Morgan fingerprint density at radius 2 is 1.68 bits per heavy atom. The summed E-state index contributed by atoms with van der Waals surface area (Å²) in [6, 6.07) is 0. The van der Waals surface area contributed by atoms with E-state index in [0.29, 0.717) is 0 Å². The molecule has 0 amide bonds. The molecule has 0 radical (unpaired) electrons. The van der Waals surface area contributed by atoms with E-state index in [1.807, 2.05) is 12.4 Å². The van der Waals surface area contributed by atoms with Gasteiger partial charge in [0.25, 0.3) is 0 Å². The lowest BCUT2D eigenvalue weighted by atomic mass is 9.89. The number of nitrogens with zero attached hydrogens (tertiary/aromatic N) is 3. The third-order valence-electron chi connectivity index (χ3n) is 3.35. The second kappa shape index (κ2) is 7.43. The molecule has 0 bridgehead atoms. The highest BCUT2D eigenvalue weighted by Gasteiger charge is 2.14. The van der Waals surface area contributed by atoms with Crippen LogP contribution in [0.25, 0.3) is 0 Å². The van der Waals surface area contributed by atoms with E-state index >= 15 is 0 Å². The van der Waals surface area contributed by atoms with Gasteiger partial charge in [0.2, 0.25) is 5.95 Å². The summed E-state index contributed by atoms with van der Waals surface area (Å²) in [4.78, 5) is 11.2. The molecule has 0 aliphatic rings. The van der Waals surface area contributed by atoms with Gasteiger partial charge in [0.1, 0.15) is 0 Å². The van der Waals surface area contributed by atoms with Crippen LogP contribution in [0.5, 0.6) is 0 Å². The molecule has 1 heterocycles. The summed E-state index contributed by atoms with van der Waals surface area (Å²) in [5, 5.41) is 3.28. The molecule has 0 aliphatic carbocycles. The van der Waals surface area contributed by atoms with Crippen LogP contribution in [0.1, 0.15) is 46.6 Å². The molecule has 0 unspecified atom stereocenters. The first kappa shape index (κ1) is 15.9. The summed E-state index contributed by atoms with van der Waals surface area (Å²) in [5.74, 6) is 0.729. The van der Waals surface area contributed by atoms with Gasteiger partial charge in [0.15, 0.2) is 0 Å². The van der Waals surface area contributed by atoms with E-state index in [0.717, 1.165) is 38.5 Å². The lowest BCUT2D eigenvalue weighted by Gasteiger charge is -2.18. The molecule has 4 heteroatoms. The number of hydrogen-bond acceptors (Lipinski definition) is 4. The Balaban J connectivity index is 2.34. The number of nitrogens with one attached hydrogen (secondary N) is 1. The SMILES string of the molecule is CCN(CC)CCCNc1ncc(C(C)(C)C)cn1. The standard InChI is InChI=1S/C15H28N4/c1-6-19(7-2)10-8-9-16-14-17-11-13(12-18-14)15(3,4)5/h11-12H,6-10H2,1-5H3,(H,16,17,18). The zero-order valence-corrected chi connectivity index (χ0v) is 13.0. The Labute approximate surface area is 117 Å². The van der Waals surface area contributed by atoms with Gasteiger partial charge in [0, 0.05) is 18.9 Å². The summed E-state index contributed by atoms with van der Waals surface area (Å²) in [7, 11) is 0. The molecular formula is C15H28N4. The minimum atomic E-state index is 0.112. The first-order chi connectivity index (χ1) is 8.97. The van der Waals surface area contributed by atoms with Crippen molar-refractivity contribution in [3.05, 3.63) is 18.0 Å². The largest absolute Gasteiger partial charge is 0.354 e. The van der Waals surface area contributed by atoms with Gasteiger partial charge < -0.3 is 10.2 Å². The van der Waals surface area contributed by atoms with Crippen molar-refractivity contribution in [1.82, 2.24) is 14.9 Å². The summed E-state index contributed by atoms with van der Waals surface area (Å²) in [6.07, 6.45) is 4.95. The summed E-state index contributed by atoms with van der Waals surface area (Å²) < 4.78 is 0. The first-order valence-electron chi connectivity index (χ1n) is 7.26. The highest BCUT2D eigenvalue weighted by Crippen LogP contribution is 2.20. The zero-order chi connectivity index (χ0) is 14.3. The van der Waals surface area contributed by atoms with E-state index in [1.165, 1.54) is 5.56 Å². The summed E-state index contributed by atoms with van der Waals surface area (Å²) in [6.45, 7) is 15.2. The second-order valence-electron chi connectivity index (χ2n) is 5.85. The Bertz CT molecular complexity index is 349. The van der Waals surface area contributed by atoms with Crippen LogP contribution in [0.3, 0.4) is 0 Å². The third-order valence-corrected chi connectivity index (χ3v) is 3.35. The smallest absolute Gasteiger partial charge is 0.222 e. The molecule has 1 aromatic heterocycles. The van der Waals surface area contributed by atoms with Gasteiger partial charge in [0.05, 0.1) is 0 Å². The van der Waals surface area contributed by atoms with Crippen LogP contribution in [0.2, 0.25) is 0 Å². The summed E-state index contributed by atoms with van der Waals surface area (Å²) in [5.41, 5.74) is 1.28. The normalized spacial score (nSPS) is 11.9. The molecule has 1 aromatic rings. The Kier molecular flexibility index (Phi) is 6.22. The number of hydrogen-bond donors (Lipinski definition) is 1. The zero-order valence-electron chi connectivity index (χ0n) is 13.0. The predicted molar refractivity (Wildman–Crippen MR) is 81.6 cm³/mol. The van der Waals surface area contributed by atoms with Crippen LogP contribution in [-0.2, 0) is 5.41 Å². The van der Waals surface area contributed by atoms with E-state index < -0.39 is 0 Å². The van der Waals surface area contributed by atoms with Crippen molar-refractivity contribution in [3.63, 3.8) is 0 Å². The van der Waals surface area contributed by atoms with Crippen molar-refractivity contribution >= 4 is 5.95 Å². The van der Waals surface area contributed by atoms with Crippen molar-refractivity contribution in [2.45, 2.75) is 46.5 Å². The molecule has 0 spiro atoms. The average Bonchev–Trinajstić information content (AvgIpc) is 2.38. The van der Waals surface area contributed by atoms with Gasteiger partial charge in [-0.25, -0.2) is 9.97 Å². The molecule has 0 atom stereocenters. The molecule has 1 N–H and O–H groups in total. The Hall–Kier alpha value is -1.16. The van der Waals surface area contributed by atoms with Crippen molar-refractivity contribution in [3.8, 4) is 0 Å². The van der Waals surface area contributed by atoms with Crippen LogP contribution >= 0.6 is 0 Å². The number of rotatable bonds is 7. The van der Waals surface area contributed by atoms with Crippen molar-refractivity contribution in [2.24, 2.45) is 0 Å². The second-order valence-corrected chi connectivity index (χ2v) is 5.85. The average molecular weight is 264 g/mol. The van der Waals surface area contributed by atoms with Crippen LogP contribution in [0.4, 0.5) is 5.95 Å². The quantitative estimate of drug-likeness (QED) is 0.769. The number of aromatic nitrogens is 2. The minimum Gasteiger partial charge on any atom is -0.354 e. The Morgan fingerprint density at radius 1 is 1.11 bits per heavy atom. The molecule has 4 nitrogen and oxygen atoms in total. The summed E-state index contributed by atoms with van der Waals surface area (Å²) >= 11 is 0. The third kappa shape index (κ3) is 5.55. The van der Waals surface area contributed by atoms with E-state index in [1.54, 1.807) is 0 Å². The van der Waals surface area contributed by atoms with Crippen molar-refractivity contribution in [1.29, 1.82) is 0 Å². The van der Waals surface area contributed by atoms with Crippen LogP contribution < -0.4 is 5.32 Å². The van der Waals surface area contributed by atoms with Gasteiger partial charge >= 0.3 is 0 Å². The van der Waals surface area contributed by atoms with Crippen molar-refractivity contribution < 1.29 is 0 Å². The fraction of sp³-hybridized carbons (Fsp3) is 0.733. The minimum absolute atomic E-state index is 0.112. The molecule has 108 valence electrons. The molecule has 0 saturated heterocycles. The Morgan fingerprint density at radius 3 is 2.16 bits per heavy atom. The van der Waals surface area contributed by atoms with Gasteiger partial charge in [-0.15, -0.1) is 0 Å². The molecule has 0 saturated carbocycles. The van der Waals surface area contributed by atoms with Crippen LogP contribution in [-0.4, -0.2) is 41.0 Å². The van der Waals surface area contributed by atoms with Crippen LogP contribution in [0, 0.1) is 0 Å². The van der Waals surface area contributed by atoms with E-state index in [9.17, 15) is 0 Å². The maximum atomic E-state index is 4.37. The molecule has 0 aliphatic heterocycles. The first-order valence-corrected chi connectivity index (χ1v) is 7.26. The molecule has 19 heavy (non-hydrogen) atoms.